The molecule has 0 spiro atoms. The lowest BCUT2D eigenvalue weighted by molar-refractivity contribution is 0.185. The second-order valence-corrected chi connectivity index (χ2v) is 3.98. The molecule has 0 aliphatic rings. The maximum Gasteiger partial charge on any atom is 0.0946 e. The highest BCUT2D eigenvalue weighted by molar-refractivity contribution is 5.45. The maximum absolute atomic E-state index is 5.11. The molecule has 1 aromatic carbocycles. The van der Waals surface area contributed by atoms with Gasteiger partial charge in [-0.15, -0.1) is 0 Å². The van der Waals surface area contributed by atoms with Crippen LogP contribution in [0.4, 0.5) is 5.69 Å². The number of aromatic nitrogens is 2. The molecule has 0 aliphatic heterocycles. The summed E-state index contributed by atoms with van der Waals surface area (Å²) in [5.41, 5.74) is 3.42. The summed E-state index contributed by atoms with van der Waals surface area (Å²) >= 11 is 0. The molecule has 2 aromatic rings. The predicted octanol–water partition coefficient (Wildman–Crippen LogP) is 2.18. The van der Waals surface area contributed by atoms with E-state index in [0.717, 1.165) is 17.9 Å². The molecule has 0 bridgehead atoms. The zero-order valence-electron chi connectivity index (χ0n) is 10.2. The Morgan fingerprint density at radius 1 is 1.41 bits per heavy atom. The van der Waals surface area contributed by atoms with E-state index in [1.54, 1.807) is 13.4 Å². The number of hydrogen-bond acceptors (Lipinski definition) is 3. The van der Waals surface area contributed by atoms with E-state index < -0.39 is 0 Å². The molecule has 17 heavy (non-hydrogen) atoms. The van der Waals surface area contributed by atoms with Crippen molar-refractivity contribution in [3.05, 3.63) is 48.0 Å². The molecule has 4 nitrogen and oxygen atoms in total. The lowest BCUT2D eigenvalue weighted by Gasteiger charge is -2.08. The fourth-order valence-electron chi connectivity index (χ4n) is 1.69. The summed E-state index contributed by atoms with van der Waals surface area (Å²) in [6.07, 6.45) is 3.67. The molecule has 1 heterocycles. The molecule has 0 fully saturated rings. The molecule has 4 heteroatoms. The Bertz CT molecular complexity index is 479. The van der Waals surface area contributed by atoms with Gasteiger partial charge in [-0.05, 0) is 17.7 Å². The second kappa shape index (κ2) is 5.50. The van der Waals surface area contributed by atoms with E-state index in [4.69, 9.17) is 4.74 Å². The highest BCUT2D eigenvalue weighted by Gasteiger charge is 1.99. The van der Waals surface area contributed by atoms with E-state index >= 15 is 0 Å². The number of hydrogen-bond donors (Lipinski definition) is 1. The zero-order valence-corrected chi connectivity index (χ0v) is 10.2. The first-order valence-corrected chi connectivity index (χ1v) is 5.56. The number of methoxy groups -OCH3 is 1. The number of imidazole rings is 1. The van der Waals surface area contributed by atoms with Crippen molar-refractivity contribution in [1.29, 1.82) is 0 Å². The van der Waals surface area contributed by atoms with Gasteiger partial charge in [-0.3, -0.25) is 0 Å². The summed E-state index contributed by atoms with van der Waals surface area (Å²) in [5, 5.41) is 3.37. The normalized spacial score (nSPS) is 10.5. The van der Waals surface area contributed by atoms with Gasteiger partial charge in [0.2, 0.25) is 0 Å². The molecule has 0 amide bonds. The van der Waals surface area contributed by atoms with Crippen LogP contribution in [-0.2, 0) is 24.9 Å². The molecular weight excluding hydrogens is 214 g/mol. The summed E-state index contributed by atoms with van der Waals surface area (Å²) in [6.45, 7) is 1.41. The summed E-state index contributed by atoms with van der Waals surface area (Å²) in [5.74, 6) is 0. The van der Waals surface area contributed by atoms with Crippen molar-refractivity contribution in [1.82, 2.24) is 9.55 Å². The molecular formula is C13H17N3O. The standard InChI is InChI=1S/C13H17N3O/c1-16-10-14-7-13(16)8-15-12-5-3-4-11(6-12)9-17-2/h3-7,10,15H,8-9H2,1-2H3. The summed E-state index contributed by atoms with van der Waals surface area (Å²) < 4.78 is 7.12. The fraction of sp³-hybridized carbons (Fsp3) is 0.308. The molecule has 0 atom stereocenters. The molecule has 0 saturated carbocycles. The van der Waals surface area contributed by atoms with E-state index in [1.165, 1.54) is 5.56 Å². The first-order valence-electron chi connectivity index (χ1n) is 5.56. The topological polar surface area (TPSA) is 39.1 Å². The molecule has 0 radical (unpaired) electrons. The van der Waals surface area contributed by atoms with Crippen LogP contribution in [0.3, 0.4) is 0 Å². The largest absolute Gasteiger partial charge is 0.380 e. The van der Waals surface area contributed by atoms with Gasteiger partial charge in [-0.1, -0.05) is 12.1 Å². The zero-order chi connectivity index (χ0) is 12.1. The van der Waals surface area contributed by atoms with Gasteiger partial charge in [0.05, 0.1) is 25.2 Å². The number of ether oxygens (including phenoxy) is 1. The Balaban J connectivity index is 1.99. The second-order valence-electron chi connectivity index (χ2n) is 3.98. The number of aryl methyl sites for hydroxylation is 1. The van der Waals surface area contributed by atoms with Crippen LogP contribution in [0.1, 0.15) is 11.3 Å². The Morgan fingerprint density at radius 2 is 2.29 bits per heavy atom. The number of nitrogens with zero attached hydrogens (tertiary/aromatic N) is 2. The van der Waals surface area contributed by atoms with Crippen LogP contribution in [0.5, 0.6) is 0 Å². The van der Waals surface area contributed by atoms with Crippen molar-refractivity contribution in [2.45, 2.75) is 13.2 Å². The lowest BCUT2D eigenvalue weighted by Crippen LogP contribution is -2.04. The third-order valence-electron chi connectivity index (χ3n) is 2.63. The van der Waals surface area contributed by atoms with Crippen molar-refractivity contribution in [2.75, 3.05) is 12.4 Å². The average Bonchev–Trinajstić information content (AvgIpc) is 2.73. The molecule has 2 rings (SSSR count). The third-order valence-corrected chi connectivity index (χ3v) is 2.63. The van der Waals surface area contributed by atoms with Crippen molar-refractivity contribution < 1.29 is 4.74 Å². The van der Waals surface area contributed by atoms with Crippen LogP contribution in [0, 0.1) is 0 Å². The number of anilines is 1. The Kier molecular flexibility index (Phi) is 3.77. The first-order chi connectivity index (χ1) is 8.29. The highest BCUT2D eigenvalue weighted by atomic mass is 16.5. The predicted molar refractivity (Wildman–Crippen MR) is 67.7 cm³/mol. The summed E-state index contributed by atoms with van der Waals surface area (Å²) in [7, 11) is 3.70. The molecule has 0 aliphatic carbocycles. The SMILES string of the molecule is COCc1cccc(NCc2cncn2C)c1. The van der Waals surface area contributed by atoms with E-state index in [-0.39, 0.29) is 0 Å². The van der Waals surface area contributed by atoms with Crippen LogP contribution in [0.2, 0.25) is 0 Å². The summed E-state index contributed by atoms with van der Waals surface area (Å²) in [4.78, 5) is 4.08. The van der Waals surface area contributed by atoms with E-state index in [2.05, 4.69) is 28.5 Å². The van der Waals surface area contributed by atoms with E-state index in [0.29, 0.717) is 6.61 Å². The molecule has 1 N–H and O–H groups in total. The fourth-order valence-corrected chi connectivity index (χ4v) is 1.69. The van der Waals surface area contributed by atoms with Crippen LogP contribution < -0.4 is 5.32 Å². The van der Waals surface area contributed by atoms with E-state index in [1.807, 2.05) is 23.9 Å². The van der Waals surface area contributed by atoms with Gasteiger partial charge in [-0.25, -0.2) is 4.98 Å². The minimum Gasteiger partial charge on any atom is -0.380 e. The molecule has 90 valence electrons. The minimum absolute atomic E-state index is 0.640. The van der Waals surface area contributed by atoms with Crippen LogP contribution in [0.25, 0.3) is 0 Å². The maximum atomic E-state index is 5.11. The van der Waals surface area contributed by atoms with Gasteiger partial charge < -0.3 is 14.6 Å². The van der Waals surface area contributed by atoms with Crippen LogP contribution in [0.15, 0.2) is 36.8 Å². The Morgan fingerprint density at radius 3 is 3.00 bits per heavy atom. The van der Waals surface area contributed by atoms with Gasteiger partial charge in [-0.2, -0.15) is 0 Å². The minimum atomic E-state index is 0.640. The summed E-state index contributed by atoms with van der Waals surface area (Å²) in [6, 6.07) is 8.23. The number of benzene rings is 1. The van der Waals surface area contributed by atoms with Crippen LogP contribution in [-0.4, -0.2) is 16.7 Å². The van der Waals surface area contributed by atoms with Crippen LogP contribution >= 0.6 is 0 Å². The van der Waals surface area contributed by atoms with Crippen molar-refractivity contribution in [3.63, 3.8) is 0 Å². The first kappa shape index (κ1) is 11.7. The highest BCUT2D eigenvalue weighted by Crippen LogP contribution is 2.12. The average molecular weight is 231 g/mol. The van der Waals surface area contributed by atoms with Crippen molar-refractivity contribution in [2.24, 2.45) is 7.05 Å². The quantitative estimate of drug-likeness (QED) is 0.857. The van der Waals surface area contributed by atoms with Crippen molar-refractivity contribution in [3.8, 4) is 0 Å². The third kappa shape index (κ3) is 3.07. The smallest absolute Gasteiger partial charge is 0.0946 e. The monoisotopic (exact) mass is 231 g/mol. The molecule has 1 aromatic heterocycles. The van der Waals surface area contributed by atoms with Gasteiger partial charge in [0, 0.05) is 26.0 Å². The Labute approximate surface area is 101 Å². The van der Waals surface area contributed by atoms with E-state index in [9.17, 15) is 0 Å². The molecule has 0 unspecified atom stereocenters. The lowest BCUT2D eigenvalue weighted by atomic mass is 10.2. The van der Waals surface area contributed by atoms with Gasteiger partial charge in [0.25, 0.3) is 0 Å². The Hall–Kier alpha value is -1.81. The van der Waals surface area contributed by atoms with Gasteiger partial charge in [0.15, 0.2) is 0 Å². The molecule has 0 saturated heterocycles. The van der Waals surface area contributed by atoms with Crippen molar-refractivity contribution >= 4 is 5.69 Å². The number of rotatable bonds is 5. The van der Waals surface area contributed by atoms with Gasteiger partial charge in [0.1, 0.15) is 0 Å². The number of nitrogens with one attached hydrogen (secondary N) is 1. The van der Waals surface area contributed by atoms with Gasteiger partial charge >= 0.3 is 0 Å².